The third-order valence-electron chi connectivity index (χ3n) is 3.87. The van der Waals surface area contributed by atoms with E-state index in [0.29, 0.717) is 17.4 Å². The zero-order valence-corrected chi connectivity index (χ0v) is 11.2. The fraction of sp³-hybridized carbons (Fsp3) is 0.600. The first-order chi connectivity index (χ1) is 7.87. The van der Waals surface area contributed by atoms with Crippen molar-refractivity contribution in [2.24, 2.45) is 11.3 Å². The fourth-order valence-electron chi connectivity index (χ4n) is 3.04. The number of anilines is 1. The summed E-state index contributed by atoms with van der Waals surface area (Å²) in [4.78, 5) is 0. The number of benzene rings is 1. The Bertz CT molecular complexity index is 411. The highest BCUT2D eigenvalue weighted by Gasteiger charge is 2.36. The van der Waals surface area contributed by atoms with Crippen molar-refractivity contribution in [1.29, 1.82) is 0 Å². The lowest BCUT2D eigenvalue weighted by Crippen LogP contribution is -2.23. The number of rotatable bonds is 2. The van der Waals surface area contributed by atoms with Gasteiger partial charge in [0, 0.05) is 11.7 Å². The van der Waals surface area contributed by atoms with E-state index < -0.39 is 0 Å². The molecule has 0 bridgehead atoms. The Labute approximate surface area is 103 Å². The van der Waals surface area contributed by atoms with Crippen LogP contribution in [0, 0.1) is 24.1 Å². The zero-order chi connectivity index (χ0) is 12.6. The first kappa shape index (κ1) is 12.4. The third-order valence-corrected chi connectivity index (χ3v) is 3.87. The monoisotopic (exact) mass is 235 g/mol. The van der Waals surface area contributed by atoms with Gasteiger partial charge in [0.25, 0.3) is 0 Å². The Morgan fingerprint density at radius 3 is 2.59 bits per heavy atom. The topological polar surface area (TPSA) is 12.0 Å². The van der Waals surface area contributed by atoms with E-state index in [0.717, 1.165) is 17.7 Å². The van der Waals surface area contributed by atoms with Crippen LogP contribution in [-0.4, -0.2) is 6.04 Å². The van der Waals surface area contributed by atoms with Crippen LogP contribution in [0.5, 0.6) is 0 Å². The van der Waals surface area contributed by atoms with Crippen molar-refractivity contribution in [3.05, 3.63) is 29.6 Å². The van der Waals surface area contributed by atoms with Gasteiger partial charge in [0.1, 0.15) is 5.82 Å². The largest absolute Gasteiger partial charge is 0.382 e. The summed E-state index contributed by atoms with van der Waals surface area (Å²) in [5.41, 5.74) is 2.46. The molecule has 2 rings (SSSR count). The summed E-state index contributed by atoms with van der Waals surface area (Å²) in [7, 11) is 0. The van der Waals surface area contributed by atoms with Gasteiger partial charge in [-0.25, -0.2) is 4.39 Å². The van der Waals surface area contributed by atoms with Crippen LogP contribution in [-0.2, 0) is 0 Å². The predicted octanol–water partition coefficient (Wildman–Crippen LogP) is 4.37. The lowest BCUT2D eigenvalue weighted by Gasteiger charge is -2.21. The molecule has 1 fully saturated rings. The van der Waals surface area contributed by atoms with Crippen LogP contribution < -0.4 is 5.32 Å². The summed E-state index contributed by atoms with van der Waals surface area (Å²) >= 11 is 0. The molecular formula is C15H22FN. The summed E-state index contributed by atoms with van der Waals surface area (Å²) < 4.78 is 13.2. The maximum atomic E-state index is 13.2. The van der Waals surface area contributed by atoms with Gasteiger partial charge in [0.15, 0.2) is 0 Å². The van der Waals surface area contributed by atoms with Gasteiger partial charge in [0.2, 0.25) is 0 Å². The zero-order valence-electron chi connectivity index (χ0n) is 11.2. The van der Waals surface area contributed by atoms with E-state index in [1.807, 2.05) is 13.0 Å². The number of halogens is 1. The molecule has 1 N–H and O–H groups in total. The molecule has 2 unspecified atom stereocenters. The number of aryl methyl sites for hydroxylation is 1. The van der Waals surface area contributed by atoms with Gasteiger partial charge in [-0.3, -0.25) is 0 Å². The first-order valence-corrected chi connectivity index (χ1v) is 6.40. The molecule has 1 nitrogen and oxygen atoms in total. The van der Waals surface area contributed by atoms with Crippen LogP contribution >= 0.6 is 0 Å². The molecular weight excluding hydrogens is 213 g/mol. The highest BCUT2D eigenvalue weighted by Crippen LogP contribution is 2.42. The second kappa shape index (κ2) is 4.32. The molecule has 1 aliphatic rings. The Hall–Kier alpha value is -1.05. The molecule has 2 heteroatoms. The lowest BCUT2D eigenvalue weighted by molar-refractivity contribution is 0.366. The van der Waals surface area contributed by atoms with Gasteiger partial charge in [0.05, 0.1) is 0 Å². The summed E-state index contributed by atoms with van der Waals surface area (Å²) in [6.45, 7) is 8.92. The Kier molecular flexibility index (Phi) is 3.15. The molecule has 0 heterocycles. The Morgan fingerprint density at radius 2 is 2.00 bits per heavy atom. The summed E-state index contributed by atoms with van der Waals surface area (Å²) in [6.07, 6.45) is 2.39. The molecule has 1 saturated carbocycles. The average Bonchev–Trinajstić information content (AvgIpc) is 2.46. The van der Waals surface area contributed by atoms with E-state index in [1.165, 1.54) is 12.5 Å². The molecule has 0 saturated heterocycles. The van der Waals surface area contributed by atoms with E-state index >= 15 is 0 Å². The highest BCUT2D eigenvalue weighted by atomic mass is 19.1. The molecule has 1 aromatic rings. The van der Waals surface area contributed by atoms with Crippen molar-refractivity contribution < 1.29 is 4.39 Å². The molecule has 0 aliphatic heterocycles. The molecule has 17 heavy (non-hydrogen) atoms. The van der Waals surface area contributed by atoms with Crippen molar-refractivity contribution >= 4 is 5.69 Å². The van der Waals surface area contributed by atoms with E-state index in [9.17, 15) is 4.39 Å². The molecule has 0 spiro atoms. The van der Waals surface area contributed by atoms with Crippen LogP contribution in [0.25, 0.3) is 0 Å². The molecule has 94 valence electrons. The van der Waals surface area contributed by atoms with E-state index in [-0.39, 0.29) is 5.82 Å². The van der Waals surface area contributed by atoms with Crippen molar-refractivity contribution in [2.45, 2.75) is 46.6 Å². The maximum Gasteiger partial charge on any atom is 0.125 e. The van der Waals surface area contributed by atoms with Gasteiger partial charge in [-0.1, -0.05) is 26.8 Å². The maximum absolute atomic E-state index is 13.2. The van der Waals surface area contributed by atoms with E-state index in [1.54, 1.807) is 6.07 Å². The Morgan fingerprint density at radius 1 is 1.29 bits per heavy atom. The Balaban J connectivity index is 2.14. The molecule has 0 radical (unpaired) electrons. The van der Waals surface area contributed by atoms with E-state index in [4.69, 9.17) is 0 Å². The average molecular weight is 235 g/mol. The SMILES string of the molecule is Cc1ccc(F)cc1NC1CC(C)(C)CC1C. The quantitative estimate of drug-likeness (QED) is 0.802. The van der Waals surface area contributed by atoms with Gasteiger partial charge in [-0.15, -0.1) is 0 Å². The predicted molar refractivity (Wildman–Crippen MR) is 70.7 cm³/mol. The van der Waals surface area contributed by atoms with Gasteiger partial charge in [-0.2, -0.15) is 0 Å². The van der Waals surface area contributed by atoms with Gasteiger partial charge < -0.3 is 5.32 Å². The second-order valence-electron chi connectivity index (χ2n) is 6.26. The van der Waals surface area contributed by atoms with Gasteiger partial charge >= 0.3 is 0 Å². The normalized spacial score (nSPS) is 27.1. The molecule has 2 atom stereocenters. The van der Waals surface area contributed by atoms with Crippen molar-refractivity contribution in [2.75, 3.05) is 5.32 Å². The lowest BCUT2D eigenvalue weighted by atomic mass is 9.91. The second-order valence-corrected chi connectivity index (χ2v) is 6.26. The molecule has 1 aromatic carbocycles. The van der Waals surface area contributed by atoms with Crippen LogP contribution in [0.3, 0.4) is 0 Å². The summed E-state index contributed by atoms with van der Waals surface area (Å²) in [5.74, 6) is 0.482. The van der Waals surface area contributed by atoms with E-state index in [2.05, 4.69) is 26.1 Å². The smallest absolute Gasteiger partial charge is 0.125 e. The fourth-order valence-corrected chi connectivity index (χ4v) is 3.04. The summed E-state index contributed by atoms with van der Waals surface area (Å²) in [5, 5.41) is 3.52. The standard InChI is InChI=1S/C15H22FN/c1-10-5-6-12(16)7-13(10)17-14-9-15(3,4)8-11(14)2/h5-7,11,14,17H,8-9H2,1-4H3. The minimum atomic E-state index is -0.164. The number of hydrogen-bond donors (Lipinski definition) is 1. The summed E-state index contributed by atoms with van der Waals surface area (Å²) in [6, 6.07) is 5.42. The van der Waals surface area contributed by atoms with Crippen molar-refractivity contribution in [3.8, 4) is 0 Å². The highest BCUT2D eigenvalue weighted by molar-refractivity contribution is 5.51. The van der Waals surface area contributed by atoms with Crippen LogP contribution in [0.15, 0.2) is 18.2 Å². The van der Waals surface area contributed by atoms with Crippen LogP contribution in [0.2, 0.25) is 0 Å². The van der Waals surface area contributed by atoms with Crippen LogP contribution in [0.4, 0.5) is 10.1 Å². The molecule has 1 aliphatic carbocycles. The number of hydrogen-bond acceptors (Lipinski definition) is 1. The minimum Gasteiger partial charge on any atom is -0.382 e. The molecule has 0 aromatic heterocycles. The van der Waals surface area contributed by atoms with Crippen molar-refractivity contribution in [3.63, 3.8) is 0 Å². The molecule has 0 amide bonds. The van der Waals surface area contributed by atoms with Crippen LogP contribution in [0.1, 0.15) is 39.2 Å². The first-order valence-electron chi connectivity index (χ1n) is 6.40. The third kappa shape index (κ3) is 2.80. The minimum absolute atomic E-state index is 0.164. The number of nitrogens with one attached hydrogen (secondary N) is 1. The van der Waals surface area contributed by atoms with Crippen molar-refractivity contribution in [1.82, 2.24) is 0 Å². The van der Waals surface area contributed by atoms with Gasteiger partial charge in [-0.05, 0) is 48.8 Å².